The Kier molecular flexibility index (Phi) is 10.3. The molecule has 1 N–H and O–H groups in total. The fraction of sp³-hybridized carbons (Fsp3) is 0.172. The molecule has 0 saturated heterocycles. The number of rotatable bonds is 9. The van der Waals surface area contributed by atoms with Crippen molar-refractivity contribution in [2.24, 2.45) is 10.8 Å². The first-order valence-electron chi connectivity index (χ1n) is 21.3. The molecule has 9 aromatic rings. The summed E-state index contributed by atoms with van der Waals surface area (Å²) in [6, 6.07) is 70.9. The van der Waals surface area contributed by atoms with Crippen molar-refractivity contribution in [2.45, 2.75) is 53.9 Å². The molecule has 0 aliphatic rings. The van der Waals surface area contributed by atoms with E-state index in [1.165, 1.54) is 60.8 Å². The first kappa shape index (κ1) is 38.9. The molecule has 2 heteroatoms. The fourth-order valence-corrected chi connectivity index (χ4v) is 8.82. The van der Waals surface area contributed by atoms with E-state index >= 15 is 0 Å². The van der Waals surface area contributed by atoms with Gasteiger partial charge in [-0.2, -0.15) is 0 Å². The minimum atomic E-state index is 0.194. The van der Waals surface area contributed by atoms with Crippen molar-refractivity contribution in [1.82, 2.24) is 4.98 Å². The standard InChI is InChI=1S/C58H54N2/c1-57(2,3)39-54(58(4,5)6)46-19-17-44(18-20-46)47-27-35-55-52(37-47)53-38-48(28-36-56(53)59-55)45-25-33-51(34-26-45)60(49-29-21-42(22-30-49)40-13-9-7-10-14-40)50-31-23-43(24-32-50)41-15-11-8-12-16-41/h7-38,54,59H,39H2,1-6H3. The second kappa shape index (κ2) is 15.8. The van der Waals surface area contributed by atoms with Crippen molar-refractivity contribution in [3.63, 3.8) is 0 Å². The second-order valence-electron chi connectivity index (χ2n) is 18.7. The summed E-state index contributed by atoms with van der Waals surface area (Å²) >= 11 is 0. The highest BCUT2D eigenvalue weighted by atomic mass is 15.1. The zero-order valence-electron chi connectivity index (χ0n) is 35.7. The van der Waals surface area contributed by atoms with Gasteiger partial charge in [0.15, 0.2) is 0 Å². The third-order valence-electron chi connectivity index (χ3n) is 12.0. The number of fused-ring (bicyclic) bond motifs is 3. The Morgan fingerprint density at radius 2 is 0.717 bits per heavy atom. The van der Waals surface area contributed by atoms with Crippen LogP contribution in [0.15, 0.2) is 194 Å². The molecule has 0 aliphatic heterocycles. The van der Waals surface area contributed by atoms with Gasteiger partial charge in [0, 0.05) is 38.9 Å². The lowest BCUT2D eigenvalue weighted by molar-refractivity contribution is 0.229. The van der Waals surface area contributed by atoms with Crippen molar-refractivity contribution < 1.29 is 0 Å². The average molecular weight is 779 g/mol. The van der Waals surface area contributed by atoms with E-state index in [2.05, 4.69) is 246 Å². The summed E-state index contributed by atoms with van der Waals surface area (Å²) in [4.78, 5) is 6.03. The lowest BCUT2D eigenvalue weighted by atomic mass is 9.69. The predicted octanol–water partition coefficient (Wildman–Crippen LogP) is 17.0. The number of hydrogen-bond donors (Lipinski definition) is 1. The van der Waals surface area contributed by atoms with Crippen LogP contribution in [0.5, 0.6) is 0 Å². The topological polar surface area (TPSA) is 19.0 Å². The van der Waals surface area contributed by atoms with Gasteiger partial charge in [0.25, 0.3) is 0 Å². The molecule has 60 heavy (non-hydrogen) atoms. The SMILES string of the molecule is CC(C)(C)CC(c1ccc(-c2ccc3[nH]c4ccc(-c5ccc(N(c6ccc(-c7ccccc7)cc6)c6ccc(-c7ccccc7)cc6)cc5)cc4c3c2)cc1)C(C)(C)C. The van der Waals surface area contributed by atoms with Gasteiger partial charge in [-0.25, -0.2) is 0 Å². The summed E-state index contributed by atoms with van der Waals surface area (Å²) in [6.07, 6.45) is 1.16. The van der Waals surface area contributed by atoms with Crippen LogP contribution in [0.2, 0.25) is 0 Å². The van der Waals surface area contributed by atoms with E-state index in [-0.39, 0.29) is 10.8 Å². The number of aromatic nitrogens is 1. The molecule has 8 aromatic carbocycles. The molecular formula is C58H54N2. The molecule has 0 fully saturated rings. The molecule has 0 aliphatic carbocycles. The molecular weight excluding hydrogens is 725 g/mol. The van der Waals surface area contributed by atoms with Crippen LogP contribution in [-0.4, -0.2) is 4.98 Å². The number of hydrogen-bond acceptors (Lipinski definition) is 1. The maximum Gasteiger partial charge on any atom is 0.0465 e. The van der Waals surface area contributed by atoms with Gasteiger partial charge < -0.3 is 9.88 Å². The van der Waals surface area contributed by atoms with Gasteiger partial charge in [0.2, 0.25) is 0 Å². The van der Waals surface area contributed by atoms with Crippen LogP contribution in [0.3, 0.4) is 0 Å². The van der Waals surface area contributed by atoms with Gasteiger partial charge in [0.1, 0.15) is 0 Å². The molecule has 9 rings (SSSR count). The summed E-state index contributed by atoms with van der Waals surface area (Å²) in [5.74, 6) is 0.496. The molecule has 2 nitrogen and oxygen atoms in total. The summed E-state index contributed by atoms with van der Waals surface area (Å²) < 4.78 is 0. The van der Waals surface area contributed by atoms with Crippen LogP contribution >= 0.6 is 0 Å². The number of nitrogens with zero attached hydrogens (tertiary/aromatic N) is 1. The van der Waals surface area contributed by atoms with Crippen molar-refractivity contribution in [3.05, 3.63) is 200 Å². The van der Waals surface area contributed by atoms with Crippen molar-refractivity contribution in [3.8, 4) is 44.5 Å². The number of benzene rings is 8. The van der Waals surface area contributed by atoms with Gasteiger partial charge in [-0.3, -0.25) is 0 Å². The molecule has 1 aromatic heterocycles. The van der Waals surface area contributed by atoms with Gasteiger partial charge in [0.05, 0.1) is 0 Å². The van der Waals surface area contributed by atoms with E-state index in [1.54, 1.807) is 0 Å². The average Bonchev–Trinajstić information content (AvgIpc) is 3.64. The first-order valence-corrected chi connectivity index (χ1v) is 21.3. The highest BCUT2D eigenvalue weighted by Gasteiger charge is 2.30. The number of H-pyrrole nitrogens is 1. The normalized spacial score (nSPS) is 12.5. The van der Waals surface area contributed by atoms with Crippen molar-refractivity contribution in [1.29, 1.82) is 0 Å². The zero-order chi connectivity index (χ0) is 41.4. The Morgan fingerprint density at radius 3 is 1.08 bits per heavy atom. The maximum absolute atomic E-state index is 3.68. The van der Waals surface area contributed by atoms with Gasteiger partial charge >= 0.3 is 0 Å². The van der Waals surface area contributed by atoms with Gasteiger partial charge in [-0.15, -0.1) is 0 Å². The zero-order valence-corrected chi connectivity index (χ0v) is 35.7. The molecule has 0 radical (unpaired) electrons. The Morgan fingerprint density at radius 1 is 0.383 bits per heavy atom. The van der Waals surface area contributed by atoms with Crippen LogP contribution in [-0.2, 0) is 0 Å². The largest absolute Gasteiger partial charge is 0.355 e. The lowest BCUT2D eigenvalue weighted by Gasteiger charge is -2.36. The molecule has 1 atom stereocenters. The minimum Gasteiger partial charge on any atom is -0.355 e. The van der Waals surface area contributed by atoms with E-state index in [4.69, 9.17) is 0 Å². The number of aromatic amines is 1. The molecule has 0 saturated carbocycles. The Balaban J connectivity index is 1.03. The lowest BCUT2D eigenvalue weighted by Crippen LogP contribution is -2.23. The van der Waals surface area contributed by atoms with E-state index in [1.807, 2.05) is 0 Å². The fourth-order valence-electron chi connectivity index (χ4n) is 8.82. The molecule has 0 bridgehead atoms. The van der Waals surface area contributed by atoms with E-state index < -0.39 is 0 Å². The second-order valence-corrected chi connectivity index (χ2v) is 18.7. The number of nitrogens with one attached hydrogen (secondary N) is 1. The summed E-state index contributed by atoms with van der Waals surface area (Å²) in [5, 5.41) is 2.48. The van der Waals surface area contributed by atoms with Crippen LogP contribution in [0.1, 0.15) is 59.4 Å². The van der Waals surface area contributed by atoms with Crippen LogP contribution in [0.25, 0.3) is 66.3 Å². The molecule has 0 amide bonds. The molecule has 296 valence electrons. The van der Waals surface area contributed by atoms with Crippen LogP contribution in [0.4, 0.5) is 17.1 Å². The smallest absolute Gasteiger partial charge is 0.0465 e. The summed E-state index contributed by atoms with van der Waals surface area (Å²) in [6.45, 7) is 14.2. The predicted molar refractivity (Wildman–Crippen MR) is 258 cm³/mol. The quantitative estimate of drug-likeness (QED) is 0.155. The third-order valence-corrected chi connectivity index (χ3v) is 12.0. The summed E-state index contributed by atoms with van der Waals surface area (Å²) in [5.41, 5.74) is 17.2. The van der Waals surface area contributed by atoms with Gasteiger partial charge in [-0.05, 0) is 134 Å². The van der Waals surface area contributed by atoms with Gasteiger partial charge in [-0.1, -0.05) is 175 Å². The Hall–Kier alpha value is -6.64. The number of anilines is 3. The molecule has 0 spiro atoms. The highest BCUT2D eigenvalue weighted by Crippen LogP contribution is 2.44. The Bertz CT molecular complexity index is 2770. The minimum absolute atomic E-state index is 0.194. The summed E-state index contributed by atoms with van der Waals surface area (Å²) in [7, 11) is 0. The van der Waals surface area contributed by atoms with Crippen molar-refractivity contribution in [2.75, 3.05) is 4.90 Å². The van der Waals surface area contributed by atoms with E-state index in [0.29, 0.717) is 5.92 Å². The monoisotopic (exact) mass is 778 g/mol. The molecule has 1 unspecified atom stereocenters. The molecule has 1 heterocycles. The van der Waals surface area contributed by atoms with Crippen LogP contribution in [0, 0.1) is 10.8 Å². The van der Waals surface area contributed by atoms with Crippen LogP contribution < -0.4 is 4.90 Å². The van der Waals surface area contributed by atoms with Crippen molar-refractivity contribution >= 4 is 38.9 Å². The van der Waals surface area contributed by atoms with E-state index in [0.717, 1.165) is 34.5 Å². The third kappa shape index (κ3) is 8.16. The van der Waals surface area contributed by atoms with E-state index in [9.17, 15) is 0 Å². The Labute approximate surface area is 356 Å². The first-order chi connectivity index (χ1) is 29.0. The highest BCUT2D eigenvalue weighted by molar-refractivity contribution is 6.09. The maximum atomic E-state index is 3.68.